The highest BCUT2D eigenvalue weighted by Crippen LogP contribution is 2.48. The second kappa shape index (κ2) is 3.98. The minimum atomic E-state index is -4.67. The van der Waals surface area contributed by atoms with Crippen LogP contribution in [0.1, 0.15) is 24.0 Å². The number of alkyl halides is 3. The van der Waals surface area contributed by atoms with Crippen LogP contribution in [0.5, 0.6) is 0 Å². The lowest BCUT2D eigenvalue weighted by Gasteiger charge is -2.14. The fraction of sp³-hybridized carbons (Fsp3) is 0.500. The molecule has 1 nitrogen and oxygen atoms in total. The summed E-state index contributed by atoms with van der Waals surface area (Å²) in [7, 11) is 0. The summed E-state index contributed by atoms with van der Waals surface area (Å²) in [5.74, 6) is -1.25. The third-order valence-electron chi connectivity index (χ3n) is 3.21. The Hall–Kier alpha value is -1.10. The van der Waals surface area contributed by atoms with Crippen LogP contribution in [0.25, 0.3) is 0 Å². The molecule has 1 N–H and O–H groups in total. The van der Waals surface area contributed by atoms with Gasteiger partial charge in [0.2, 0.25) is 0 Å². The fourth-order valence-corrected chi connectivity index (χ4v) is 1.90. The first-order valence-electron chi connectivity index (χ1n) is 5.33. The lowest BCUT2D eigenvalue weighted by atomic mass is 9.96. The van der Waals surface area contributed by atoms with Gasteiger partial charge in [-0.15, -0.1) is 0 Å². The lowest BCUT2D eigenvalue weighted by Crippen LogP contribution is -2.13. The van der Waals surface area contributed by atoms with Gasteiger partial charge in [0.15, 0.2) is 0 Å². The van der Waals surface area contributed by atoms with Crippen LogP contribution in [0, 0.1) is 11.2 Å². The van der Waals surface area contributed by atoms with Crippen LogP contribution in [-0.4, -0.2) is 11.7 Å². The summed E-state index contributed by atoms with van der Waals surface area (Å²) >= 11 is 0. The second-order valence-corrected chi connectivity index (χ2v) is 4.65. The predicted molar refractivity (Wildman–Crippen MR) is 53.9 cm³/mol. The van der Waals surface area contributed by atoms with Gasteiger partial charge in [-0.3, -0.25) is 0 Å². The third kappa shape index (κ3) is 2.60. The van der Waals surface area contributed by atoms with E-state index < -0.39 is 17.6 Å². The summed E-state index contributed by atoms with van der Waals surface area (Å²) in [5.41, 5.74) is -1.09. The van der Waals surface area contributed by atoms with Crippen molar-refractivity contribution >= 4 is 0 Å². The Labute approximate surface area is 96.1 Å². The van der Waals surface area contributed by atoms with Crippen molar-refractivity contribution in [1.82, 2.24) is 0 Å². The van der Waals surface area contributed by atoms with Crippen molar-refractivity contribution in [3.63, 3.8) is 0 Å². The molecule has 1 fully saturated rings. The van der Waals surface area contributed by atoms with E-state index in [4.69, 9.17) is 5.11 Å². The SMILES string of the molecule is OCC1(Cc2ccc(F)c(C(F)(F)F)c2)CC1. The van der Waals surface area contributed by atoms with E-state index in [2.05, 4.69) is 0 Å². The molecule has 0 atom stereocenters. The monoisotopic (exact) mass is 248 g/mol. The van der Waals surface area contributed by atoms with Crippen molar-refractivity contribution in [3.05, 3.63) is 35.1 Å². The van der Waals surface area contributed by atoms with Crippen molar-refractivity contribution in [3.8, 4) is 0 Å². The molecule has 0 unspecified atom stereocenters. The van der Waals surface area contributed by atoms with Gasteiger partial charge in [-0.25, -0.2) is 4.39 Å². The summed E-state index contributed by atoms with van der Waals surface area (Å²) in [5, 5.41) is 9.11. The third-order valence-corrected chi connectivity index (χ3v) is 3.21. The van der Waals surface area contributed by atoms with Crippen molar-refractivity contribution in [2.75, 3.05) is 6.61 Å². The van der Waals surface area contributed by atoms with Gasteiger partial charge in [0.1, 0.15) is 5.82 Å². The molecule has 0 radical (unpaired) electrons. The summed E-state index contributed by atoms with van der Waals surface area (Å²) in [6.07, 6.45) is -2.69. The van der Waals surface area contributed by atoms with Crippen LogP contribution < -0.4 is 0 Å². The number of benzene rings is 1. The van der Waals surface area contributed by atoms with Gasteiger partial charge in [-0.1, -0.05) is 6.07 Å². The largest absolute Gasteiger partial charge is 0.419 e. The summed E-state index contributed by atoms with van der Waals surface area (Å²) in [4.78, 5) is 0. The Kier molecular flexibility index (Phi) is 2.89. The number of rotatable bonds is 3. The van der Waals surface area contributed by atoms with E-state index in [1.54, 1.807) is 0 Å². The fourth-order valence-electron chi connectivity index (χ4n) is 1.90. The van der Waals surface area contributed by atoms with Gasteiger partial charge < -0.3 is 5.11 Å². The molecule has 1 aromatic rings. The molecule has 94 valence electrons. The van der Waals surface area contributed by atoms with Gasteiger partial charge in [0.05, 0.1) is 5.56 Å². The Balaban J connectivity index is 2.25. The maximum Gasteiger partial charge on any atom is 0.419 e. The average molecular weight is 248 g/mol. The number of hydrogen-bond donors (Lipinski definition) is 1. The lowest BCUT2D eigenvalue weighted by molar-refractivity contribution is -0.140. The molecule has 5 heteroatoms. The van der Waals surface area contributed by atoms with Crippen LogP contribution in [0.4, 0.5) is 17.6 Å². The zero-order valence-corrected chi connectivity index (χ0v) is 9.02. The Morgan fingerprint density at radius 3 is 2.35 bits per heavy atom. The summed E-state index contributed by atoms with van der Waals surface area (Å²) < 4.78 is 50.4. The normalized spacial score (nSPS) is 18.2. The van der Waals surface area contributed by atoms with Gasteiger partial charge >= 0.3 is 6.18 Å². The van der Waals surface area contributed by atoms with E-state index in [9.17, 15) is 17.6 Å². The van der Waals surface area contributed by atoms with Crippen molar-refractivity contribution in [2.45, 2.75) is 25.4 Å². The first kappa shape index (κ1) is 12.4. The van der Waals surface area contributed by atoms with Gasteiger partial charge in [-0.05, 0) is 42.4 Å². The van der Waals surface area contributed by atoms with E-state index in [0.717, 1.165) is 25.0 Å². The van der Waals surface area contributed by atoms with Crippen LogP contribution in [0.3, 0.4) is 0 Å². The first-order chi connectivity index (χ1) is 7.86. The number of halogens is 4. The number of hydrogen-bond acceptors (Lipinski definition) is 1. The zero-order chi connectivity index (χ0) is 12.7. The van der Waals surface area contributed by atoms with Crippen LogP contribution in [0.15, 0.2) is 18.2 Å². The molecule has 0 aliphatic heterocycles. The molecule has 0 bridgehead atoms. The number of aliphatic hydroxyl groups excluding tert-OH is 1. The zero-order valence-electron chi connectivity index (χ0n) is 9.02. The highest BCUT2D eigenvalue weighted by molar-refractivity contribution is 5.29. The standard InChI is InChI=1S/C12H12F4O/c13-10-2-1-8(5-9(10)12(14,15)16)6-11(7-17)3-4-11/h1-2,5,17H,3-4,6-7H2. The van der Waals surface area contributed by atoms with Crippen molar-refractivity contribution in [2.24, 2.45) is 5.41 Å². The van der Waals surface area contributed by atoms with Crippen molar-refractivity contribution in [1.29, 1.82) is 0 Å². The molecule has 0 amide bonds. The summed E-state index contributed by atoms with van der Waals surface area (Å²) in [6, 6.07) is 3.02. The molecule has 1 aromatic carbocycles. The van der Waals surface area contributed by atoms with Gasteiger partial charge in [0.25, 0.3) is 0 Å². The smallest absolute Gasteiger partial charge is 0.396 e. The maximum absolute atomic E-state index is 13.0. The van der Waals surface area contributed by atoms with Crippen LogP contribution in [-0.2, 0) is 12.6 Å². The number of aliphatic hydroxyl groups is 1. The molecule has 0 saturated heterocycles. The molecule has 0 aromatic heterocycles. The quantitative estimate of drug-likeness (QED) is 0.815. The van der Waals surface area contributed by atoms with Crippen molar-refractivity contribution < 1.29 is 22.7 Å². The molecular formula is C12H12F4O. The Morgan fingerprint density at radius 1 is 1.24 bits per heavy atom. The molecule has 1 aliphatic rings. The van der Waals surface area contributed by atoms with E-state index in [1.165, 1.54) is 6.07 Å². The van der Waals surface area contributed by atoms with E-state index >= 15 is 0 Å². The molecule has 2 rings (SSSR count). The van der Waals surface area contributed by atoms with Gasteiger partial charge in [0, 0.05) is 6.61 Å². The predicted octanol–water partition coefficient (Wildman–Crippen LogP) is 3.16. The average Bonchev–Trinajstić information content (AvgIpc) is 3.00. The van der Waals surface area contributed by atoms with Gasteiger partial charge in [-0.2, -0.15) is 13.2 Å². The minimum Gasteiger partial charge on any atom is -0.396 e. The second-order valence-electron chi connectivity index (χ2n) is 4.65. The van der Waals surface area contributed by atoms with E-state index in [0.29, 0.717) is 12.0 Å². The highest BCUT2D eigenvalue weighted by Gasteiger charge is 2.42. The van der Waals surface area contributed by atoms with Crippen LogP contribution >= 0.6 is 0 Å². The molecule has 0 heterocycles. The topological polar surface area (TPSA) is 20.2 Å². The molecule has 0 spiro atoms. The van der Waals surface area contributed by atoms with E-state index in [-0.39, 0.29) is 12.0 Å². The minimum absolute atomic E-state index is 0.0360. The highest BCUT2D eigenvalue weighted by atomic mass is 19.4. The molecule has 1 aliphatic carbocycles. The van der Waals surface area contributed by atoms with Crippen LogP contribution in [0.2, 0.25) is 0 Å². The Morgan fingerprint density at radius 2 is 1.88 bits per heavy atom. The summed E-state index contributed by atoms with van der Waals surface area (Å²) in [6.45, 7) is -0.0360. The van der Waals surface area contributed by atoms with E-state index in [1.807, 2.05) is 0 Å². The molecular weight excluding hydrogens is 236 g/mol. The Bertz CT molecular complexity index is 421. The molecule has 17 heavy (non-hydrogen) atoms. The first-order valence-corrected chi connectivity index (χ1v) is 5.33. The molecule has 1 saturated carbocycles. The maximum atomic E-state index is 13.0.